The van der Waals surface area contributed by atoms with Crippen LogP contribution >= 0.6 is 11.3 Å². The Balaban J connectivity index is 1.64. The fraction of sp³-hybridized carbons (Fsp3) is 0.429. The molecule has 2 aliphatic rings. The number of fused-ring (bicyclic) bond motifs is 1. The first-order chi connectivity index (χ1) is 12.5. The van der Waals surface area contributed by atoms with Gasteiger partial charge in [-0.05, 0) is 48.8 Å². The van der Waals surface area contributed by atoms with E-state index in [1.807, 2.05) is 4.90 Å². The van der Waals surface area contributed by atoms with E-state index in [4.69, 9.17) is 0 Å². The highest BCUT2D eigenvalue weighted by Crippen LogP contribution is 2.38. The Morgan fingerprint density at radius 2 is 1.92 bits per heavy atom. The molecule has 136 valence electrons. The lowest BCUT2D eigenvalue weighted by atomic mass is 9.92. The Hall–Kier alpha value is -2.14. The molecule has 2 heterocycles. The summed E-state index contributed by atoms with van der Waals surface area (Å²) in [4.78, 5) is 30.2. The van der Waals surface area contributed by atoms with Crippen LogP contribution in [0.4, 0.5) is 0 Å². The number of nitrogens with zero attached hydrogens (tertiary/aromatic N) is 2. The molecule has 0 N–H and O–H groups in total. The lowest BCUT2D eigenvalue weighted by Crippen LogP contribution is -2.47. The number of hydrogen-bond donors (Lipinski definition) is 0. The first-order valence-electron chi connectivity index (χ1n) is 9.24. The number of carbonyl (C=O) groups is 2. The first-order valence-corrected chi connectivity index (χ1v) is 10.1. The molecular formula is C21H24N2O2S. The molecule has 1 fully saturated rings. The van der Waals surface area contributed by atoms with Crippen LogP contribution in [0.15, 0.2) is 35.7 Å². The molecular weight excluding hydrogens is 344 g/mol. The van der Waals surface area contributed by atoms with Crippen LogP contribution in [0.25, 0.3) is 0 Å². The van der Waals surface area contributed by atoms with Gasteiger partial charge < -0.3 is 9.80 Å². The molecule has 2 amide bonds. The zero-order valence-electron chi connectivity index (χ0n) is 15.3. The molecule has 1 aliphatic heterocycles. The monoisotopic (exact) mass is 368 g/mol. The van der Waals surface area contributed by atoms with Crippen LogP contribution < -0.4 is 0 Å². The Bertz CT molecular complexity index is 823. The summed E-state index contributed by atoms with van der Waals surface area (Å²) in [6.07, 6.45) is 2.93. The Kier molecular flexibility index (Phi) is 4.57. The van der Waals surface area contributed by atoms with Crippen molar-refractivity contribution in [2.75, 3.05) is 13.1 Å². The molecule has 1 atom stereocenters. The number of benzene rings is 1. The van der Waals surface area contributed by atoms with E-state index < -0.39 is 0 Å². The molecule has 5 heteroatoms. The van der Waals surface area contributed by atoms with Gasteiger partial charge in [0.1, 0.15) is 6.54 Å². The van der Waals surface area contributed by atoms with Crippen molar-refractivity contribution < 1.29 is 9.59 Å². The highest BCUT2D eigenvalue weighted by Gasteiger charge is 2.37. The van der Waals surface area contributed by atoms with Crippen molar-refractivity contribution in [3.05, 3.63) is 57.3 Å². The second-order valence-corrected chi connectivity index (χ2v) is 8.33. The summed E-state index contributed by atoms with van der Waals surface area (Å²) in [5.41, 5.74) is 3.59. The van der Waals surface area contributed by atoms with Gasteiger partial charge >= 0.3 is 0 Å². The largest absolute Gasteiger partial charge is 0.331 e. The summed E-state index contributed by atoms with van der Waals surface area (Å²) in [5, 5.41) is 2.12. The van der Waals surface area contributed by atoms with Crippen LogP contribution in [0.2, 0.25) is 0 Å². The first kappa shape index (κ1) is 17.3. The normalized spacial score (nSPS) is 19.2. The minimum absolute atomic E-state index is 0.000896. The van der Waals surface area contributed by atoms with E-state index in [2.05, 4.69) is 42.6 Å². The van der Waals surface area contributed by atoms with Gasteiger partial charge in [-0.25, -0.2) is 0 Å². The van der Waals surface area contributed by atoms with E-state index in [-0.39, 0.29) is 30.4 Å². The number of rotatable bonds is 4. The summed E-state index contributed by atoms with van der Waals surface area (Å²) in [7, 11) is 0. The van der Waals surface area contributed by atoms with Crippen molar-refractivity contribution in [1.82, 2.24) is 9.80 Å². The van der Waals surface area contributed by atoms with Crippen LogP contribution in [0.3, 0.4) is 0 Å². The van der Waals surface area contributed by atoms with Crippen molar-refractivity contribution in [2.24, 2.45) is 0 Å². The topological polar surface area (TPSA) is 40.6 Å². The molecule has 26 heavy (non-hydrogen) atoms. The fourth-order valence-electron chi connectivity index (χ4n) is 3.81. The van der Waals surface area contributed by atoms with Crippen molar-refractivity contribution in [2.45, 2.75) is 45.2 Å². The van der Waals surface area contributed by atoms with E-state index in [0.717, 1.165) is 24.8 Å². The molecule has 4 nitrogen and oxygen atoms in total. The van der Waals surface area contributed by atoms with Gasteiger partial charge in [0.15, 0.2) is 0 Å². The predicted molar refractivity (Wildman–Crippen MR) is 103 cm³/mol. The highest BCUT2D eigenvalue weighted by molar-refractivity contribution is 7.10. The van der Waals surface area contributed by atoms with Crippen LogP contribution in [-0.4, -0.2) is 40.7 Å². The molecule has 1 unspecified atom stereocenters. The van der Waals surface area contributed by atoms with Gasteiger partial charge in [0.05, 0.1) is 6.04 Å². The number of amides is 2. The molecule has 1 aromatic heterocycles. The van der Waals surface area contributed by atoms with Gasteiger partial charge in [-0.2, -0.15) is 0 Å². The minimum atomic E-state index is -0.0499. The van der Waals surface area contributed by atoms with Crippen LogP contribution in [0.1, 0.15) is 47.4 Å². The third-order valence-corrected chi connectivity index (χ3v) is 6.37. The average molecular weight is 369 g/mol. The van der Waals surface area contributed by atoms with Gasteiger partial charge in [-0.1, -0.05) is 29.8 Å². The Labute approximate surface area is 158 Å². The molecule has 0 saturated heterocycles. The van der Waals surface area contributed by atoms with Crippen LogP contribution in [0, 0.1) is 6.92 Å². The van der Waals surface area contributed by atoms with E-state index >= 15 is 0 Å². The molecule has 1 aromatic carbocycles. The molecule has 0 spiro atoms. The highest BCUT2D eigenvalue weighted by atomic mass is 32.1. The Morgan fingerprint density at radius 1 is 1.19 bits per heavy atom. The third kappa shape index (κ3) is 3.28. The summed E-state index contributed by atoms with van der Waals surface area (Å²) in [6.45, 7) is 4.54. The second-order valence-electron chi connectivity index (χ2n) is 7.33. The zero-order chi connectivity index (χ0) is 18.3. The van der Waals surface area contributed by atoms with Crippen molar-refractivity contribution in [3.63, 3.8) is 0 Å². The van der Waals surface area contributed by atoms with Crippen molar-refractivity contribution >= 4 is 23.2 Å². The molecule has 2 aromatic rings. The zero-order valence-corrected chi connectivity index (χ0v) is 16.1. The lowest BCUT2D eigenvalue weighted by Gasteiger charge is -2.37. The maximum atomic E-state index is 13.2. The number of thiophene rings is 1. The quantitative estimate of drug-likeness (QED) is 0.828. The summed E-state index contributed by atoms with van der Waals surface area (Å²) in [6, 6.07) is 10.8. The number of carbonyl (C=O) groups excluding carboxylic acids is 2. The summed E-state index contributed by atoms with van der Waals surface area (Å²) >= 11 is 1.77. The maximum Gasteiger partial charge on any atom is 0.243 e. The fourth-order valence-corrected chi connectivity index (χ4v) is 4.72. The second kappa shape index (κ2) is 6.88. The van der Waals surface area contributed by atoms with E-state index in [1.165, 1.54) is 16.0 Å². The molecule has 1 saturated carbocycles. The van der Waals surface area contributed by atoms with Crippen molar-refractivity contribution in [3.8, 4) is 0 Å². The van der Waals surface area contributed by atoms with Gasteiger partial charge in [0.2, 0.25) is 11.8 Å². The van der Waals surface area contributed by atoms with E-state index in [1.54, 1.807) is 23.2 Å². The van der Waals surface area contributed by atoms with Gasteiger partial charge in [0, 0.05) is 24.4 Å². The third-order valence-electron chi connectivity index (χ3n) is 5.38. The van der Waals surface area contributed by atoms with E-state index in [9.17, 15) is 9.59 Å². The molecule has 1 aliphatic carbocycles. The average Bonchev–Trinajstić information content (AvgIpc) is 3.35. The van der Waals surface area contributed by atoms with Gasteiger partial charge in [0.25, 0.3) is 0 Å². The summed E-state index contributed by atoms with van der Waals surface area (Å²) < 4.78 is 0. The maximum absolute atomic E-state index is 13.2. The van der Waals surface area contributed by atoms with Crippen LogP contribution in [0.5, 0.6) is 0 Å². The predicted octanol–water partition coefficient (Wildman–Crippen LogP) is 3.54. The SMILES string of the molecule is CC(=O)N(CC(=O)N1CCc2sccc2C1c1ccc(C)cc1)C1CC1. The lowest BCUT2D eigenvalue weighted by molar-refractivity contribution is -0.141. The molecule has 4 rings (SSSR count). The molecule has 0 radical (unpaired) electrons. The van der Waals surface area contributed by atoms with E-state index in [0.29, 0.717) is 6.54 Å². The molecule has 0 bridgehead atoms. The van der Waals surface area contributed by atoms with Crippen molar-refractivity contribution in [1.29, 1.82) is 0 Å². The van der Waals surface area contributed by atoms with Gasteiger partial charge in [-0.3, -0.25) is 9.59 Å². The van der Waals surface area contributed by atoms with Gasteiger partial charge in [-0.15, -0.1) is 11.3 Å². The number of aryl methyl sites for hydroxylation is 1. The smallest absolute Gasteiger partial charge is 0.243 e. The Morgan fingerprint density at radius 3 is 2.58 bits per heavy atom. The van der Waals surface area contributed by atoms with Crippen LogP contribution in [-0.2, 0) is 16.0 Å². The standard InChI is InChI=1S/C21H24N2O2S/c1-14-3-5-16(6-4-14)21-18-10-12-26-19(18)9-11-22(21)20(25)13-23(15(2)24)17-7-8-17/h3-6,10,12,17,21H,7-9,11,13H2,1-2H3. The summed E-state index contributed by atoms with van der Waals surface area (Å²) in [5.74, 6) is 0.0514. The number of hydrogen-bond acceptors (Lipinski definition) is 3. The minimum Gasteiger partial charge on any atom is -0.331 e.